The van der Waals surface area contributed by atoms with Crippen LogP contribution in [0, 0.1) is 0 Å². The summed E-state index contributed by atoms with van der Waals surface area (Å²) >= 11 is 1.12. The maximum absolute atomic E-state index is 13.1. The van der Waals surface area contributed by atoms with Crippen LogP contribution in [-0.4, -0.2) is 52.0 Å². The molecule has 2 aromatic carbocycles. The zero-order valence-corrected chi connectivity index (χ0v) is 21.3. The minimum atomic E-state index is -0.529. The number of aromatic nitrogens is 4. The van der Waals surface area contributed by atoms with Crippen molar-refractivity contribution in [1.29, 1.82) is 0 Å². The number of nitrogens with zero attached hydrogens (tertiary/aromatic N) is 5. The van der Waals surface area contributed by atoms with Crippen LogP contribution in [0.4, 0.5) is 5.69 Å². The predicted molar refractivity (Wildman–Crippen MR) is 139 cm³/mol. The lowest BCUT2D eigenvalue weighted by Gasteiger charge is -2.17. The van der Waals surface area contributed by atoms with Gasteiger partial charge in [0.1, 0.15) is 10.4 Å². The van der Waals surface area contributed by atoms with Crippen LogP contribution in [0.15, 0.2) is 63.1 Å². The number of carbonyl (C=O) groups is 1. The van der Waals surface area contributed by atoms with Gasteiger partial charge in [0.2, 0.25) is 5.91 Å². The molecule has 0 fully saturated rings. The molecule has 0 spiro atoms. The number of amides is 1. The molecule has 0 aliphatic heterocycles. The van der Waals surface area contributed by atoms with E-state index in [1.165, 1.54) is 32.9 Å². The van der Waals surface area contributed by atoms with Crippen molar-refractivity contribution in [1.82, 2.24) is 19.1 Å². The number of benzene rings is 2. The molecule has 0 aliphatic rings. The SMILES string of the molecule is COc1ccc(-c2nc(SCC(=O)N(C)c3ccccc3)c3c(=O)n(C)c(=O)n(C)c3n2)cc1OC. The van der Waals surface area contributed by atoms with Gasteiger partial charge in [0.25, 0.3) is 5.56 Å². The van der Waals surface area contributed by atoms with Gasteiger partial charge in [0, 0.05) is 32.4 Å². The van der Waals surface area contributed by atoms with Gasteiger partial charge in [-0.1, -0.05) is 30.0 Å². The van der Waals surface area contributed by atoms with E-state index in [9.17, 15) is 14.4 Å². The highest BCUT2D eigenvalue weighted by Crippen LogP contribution is 2.33. The molecular formula is C25H25N5O5S. The molecule has 0 aliphatic carbocycles. The van der Waals surface area contributed by atoms with Gasteiger partial charge in [0.15, 0.2) is 23.0 Å². The van der Waals surface area contributed by atoms with Crippen LogP contribution >= 0.6 is 11.8 Å². The van der Waals surface area contributed by atoms with E-state index in [2.05, 4.69) is 9.97 Å². The molecule has 2 aromatic heterocycles. The average molecular weight is 508 g/mol. The van der Waals surface area contributed by atoms with Gasteiger partial charge in [-0.25, -0.2) is 14.8 Å². The first-order valence-corrected chi connectivity index (χ1v) is 11.9. The van der Waals surface area contributed by atoms with Gasteiger partial charge in [-0.2, -0.15) is 0 Å². The largest absolute Gasteiger partial charge is 0.493 e. The summed E-state index contributed by atoms with van der Waals surface area (Å²) in [7, 11) is 7.68. The topological polar surface area (TPSA) is 109 Å². The second-order valence-corrected chi connectivity index (χ2v) is 8.87. The highest BCUT2D eigenvalue weighted by Gasteiger charge is 2.21. The van der Waals surface area contributed by atoms with Crippen LogP contribution in [0.2, 0.25) is 0 Å². The Hall–Kier alpha value is -4.12. The predicted octanol–water partition coefficient (Wildman–Crippen LogP) is 2.47. The zero-order valence-electron chi connectivity index (χ0n) is 20.5. The number of rotatable bonds is 7. The first-order chi connectivity index (χ1) is 17.3. The standard InChI is InChI=1S/C25H25N5O5S/c1-28(16-9-7-6-8-10-16)19(31)14-36-23-20-22(29(2)25(33)30(3)24(20)32)26-21(27-23)15-11-12-17(34-4)18(13-15)35-5/h6-13H,14H2,1-5H3. The Kier molecular flexibility index (Phi) is 7.11. The third kappa shape index (κ3) is 4.57. The van der Waals surface area contributed by atoms with Crippen molar-refractivity contribution in [3.63, 3.8) is 0 Å². The van der Waals surface area contributed by atoms with Crippen LogP contribution in [0.25, 0.3) is 22.4 Å². The van der Waals surface area contributed by atoms with Crippen LogP contribution < -0.4 is 25.6 Å². The Balaban J connectivity index is 1.82. The monoisotopic (exact) mass is 507 g/mol. The fourth-order valence-electron chi connectivity index (χ4n) is 3.66. The summed E-state index contributed by atoms with van der Waals surface area (Å²) in [6.07, 6.45) is 0. The Morgan fingerprint density at radius 1 is 0.972 bits per heavy atom. The van der Waals surface area contributed by atoms with Crippen LogP contribution in [-0.2, 0) is 18.9 Å². The molecule has 0 saturated carbocycles. The molecule has 4 aromatic rings. The lowest BCUT2D eigenvalue weighted by molar-refractivity contribution is -0.115. The summed E-state index contributed by atoms with van der Waals surface area (Å²) in [5, 5.41) is 0.472. The summed E-state index contributed by atoms with van der Waals surface area (Å²) < 4.78 is 13.0. The van der Waals surface area contributed by atoms with Crippen LogP contribution in [0.1, 0.15) is 0 Å². The van der Waals surface area contributed by atoms with Gasteiger partial charge in [0.05, 0.1) is 20.0 Å². The molecule has 4 rings (SSSR count). The Labute approximate surface area is 211 Å². The molecule has 0 radical (unpaired) electrons. The van der Waals surface area contributed by atoms with E-state index >= 15 is 0 Å². The van der Waals surface area contributed by atoms with Crippen LogP contribution in [0.5, 0.6) is 11.5 Å². The summed E-state index contributed by atoms with van der Waals surface area (Å²) in [6, 6.07) is 14.4. The van der Waals surface area contributed by atoms with Gasteiger partial charge < -0.3 is 14.4 Å². The Bertz CT molecular complexity index is 1570. The lowest BCUT2D eigenvalue weighted by atomic mass is 10.2. The van der Waals surface area contributed by atoms with E-state index in [-0.39, 0.29) is 28.5 Å². The molecule has 36 heavy (non-hydrogen) atoms. The number of anilines is 1. The van der Waals surface area contributed by atoms with Gasteiger partial charge >= 0.3 is 5.69 Å². The first-order valence-electron chi connectivity index (χ1n) is 10.9. The van der Waals surface area contributed by atoms with E-state index in [1.54, 1.807) is 30.1 Å². The summed E-state index contributed by atoms with van der Waals surface area (Å²) in [5.41, 5.74) is 0.477. The number of ether oxygens (including phenoxy) is 2. The minimum absolute atomic E-state index is 0.0227. The molecule has 11 heteroatoms. The van der Waals surface area contributed by atoms with E-state index in [0.717, 1.165) is 22.0 Å². The van der Waals surface area contributed by atoms with Gasteiger partial charge in [-0.3, -0.25) is 18.7 Å². The summed E-state index contributed by atoms with van der Waals surface area (Å²) in [4.78, 5) is 49.3. The average Bonchev–Trinajstić information content (AvgIpc) is 2.92. The Morgan fingerprint density at radius 3 is 2.33 bits per heavy atom. The van der Waals surface area contributed by atoms with Crippen molar-refractivity contribution in [3.05, 3.63) is 69.4 Å². The van der Waals surface area contributed by atoms with E-state index in [1.807, 2.05) is 30.3 Å². The lowest BCUT2D eigenvalue weighted by Crippen LogP contribution is -2.37. The number of para-hydroxylation sites is 1. The van der Waals surface area contributed by atoms with Gasteiger partial charge in [-0.15, -0.1) is 0 Å². The molecule has 0 atom stereocenters. The first kappa shape index (κ1) is 25.0. The highest BCUT2D eigenvalue weighted by molar-refractivity contribution is 8.00. The molecule has 186 valence electrons. The number of fused-ring (bicyclic) bond motifs is 1. The summed E-state index contributed by atoms with van der Waals surface area (Å²) in [5.74, 6) is 1.14. The maximum Gasteiger partial charge on any atom is 0.332 e. The smallest absolute Gasteiger partial charge is 0.332 e. The quantitative estimate of drug-likeness (QED) is 0.277. The number of aryl methyl sites for hydroxylation is 1. The van der Waals surface area contributed by atoms with Crippen molar-refractivity contribution in [2.75, 3.05) is 31.9 Å². The van der Waals surface area contributed by atoms with Crippen LogP contribution in [0.3, 0.4) is 0 Å². The van der Waals surface area contributed by atoms with E-state index < -0.39 is 11.2 Å². The number of thioether (sulfide) groups is 1. The van der Waals surface area contributed by atoms with Crippen molar-refractivity contribution in [2.45, 2.75) is 5.03 Å². The molecule has 0 bridgehead atoms. The third-order valence-corrected chi connectivity index (χ3v) is 6.72. The molecule has 10 nitrogen and oxygen atoms in total. The van der Waals surface area contributed by atoms with E-state index in [4.69, 9.17) is 9.47 Å². The fraction of sp³-hybridized carbons (Fsp3) is 0.240. The second-order valence-electron chi connectivity index (χ2n) is 7.90. The molecule has 2 heterocycles. The maximum atomic E-state index is 13.1. The summed E-state index contributed by atoms with van der Waals surface area (Å²) in [6.45, 7) is 0. The molecule has 0 unspecified atom stereocenters. The second kappa shape index (κ2) is 10.2. The number of carbonyl (C=O) groups excluding carboxylic acids is 1. The third-order valence-electron chi connectivity index (χ3n) is 5.76. The molecule has 0 N–H and O–H groups in total. The van der Waals surface area contributed by atoms with Gasteiger partial charge in [-0.05, 0) is 30.3 Å². The zero-order chi connectivity index (χ0) is 26.0. The van der Waals surface area contributed by atoms with Crippen molar-refractivity contribution >= 4 is 34.4 Å². The molecular weight excluding hydrogens is 482 g/mol. The molecule has 1 amide bonds. The minimum Gasteiger partial charge on any atom is -0.493 e. The number of methoxy groups -OCH3 is 2. The molecule has 0 saturated heterocycles. The van der Waals surface area contributed by atoms with Crippen molar-refractivity contribution in [3.8, 4) is 22.9 Å². The fourth-order valence-corrected chi connectivity index (χ4v) is 4.59. The normalized spacial score (nSPS) is 10.9. The Morgan fingerprint density at radius 2 is 1.67 bits per heavy atom. The van der Waals surface area contributed by atoms with E-state index in [0.29, 0.717) is 22.1 Å². The number of hydrogen-bond acceptors (Lipinski definition) is 8. The number of hydrogen-bond donors (Lipinski definition) is 0. The van der Waals surface area contributed by atoms with Crippen molar-refractivity contribution in [2.24, 2.45) is 14.1 Å². The van der Waals surface area contributed by atoms with Crippen molar-refractivity contribution < 1.29 is 14.3 Å². The highest BCUT2D eigenvalue weighted by atomic mass is 32.2.